The lowest BCUT2D eigenvalue weighted by Crippen LogP contribution is -2.41. The lowest BCUT2D eigenvalue weighted by Gasteiger charge is -2.34. The Morgan fingerprint density at radius 1 is 0.882 bits per heavy atom. The van der Waals surface area contributed by atoms with Crippen molar-refractivity contribution >= 4 is 11.6 Å². The average Bonchev–Trinajstić information content (AvgIpc) is 3.50. The Morgan fingerprint density at radius 2 is 1.41 bits per heavy atom. The summed E-state index contributed by atoms with van der Waals surface area (Å²) < 4.78 is 0. The Kier molecular flexibility index (Phi) is 9.27. The van der Waals surface area contributed by atoms with Gasteiger partial charge < -0.3 is 20.6 Å². The lowest BCUT2D eigenvalue weighted by atomic mass is 10.0. The number of primary amides is 1. The molecule has 0 fully saturated rings. The van der Waals surface area contributed by atoms with Crippen LogP contribution >= 0.6 is 0 Å². The molecule has 3 rings (SSSR count). The molecule has 0 unspecified atom stereocenters. The highest BCUT2D eigenvalue weighted by Crippen LogP contribution is 2.23. The van der Waals surface area contributed by atoms with E-state index in [0.29, 0.717) is 17.6 Å². The fraction of sp³-hybridized carbons (Fsp3) is 0.500. The molecule has 8 nitrogen and oxygen atoms in total. The number of aromatic nitrogens is 4. The molecule has 0 spiro atoms. The van der Waals surface area contributed by atoms with E-state index >= 15 is 0 Å². The first kappa shape index (κ1) is 25.5. The number of carbonyl (C=O) groups is 1. The molecule has 0 bridgehead atoms. The molecule has 0 aliphatic rings. The molecule has 4 N–H and O–H groups in total. The van der Waals surface area contributed by atoms with E-state index in [1.807, 2.05) is 24.5 Å². The maximum atomic E-state index is 11.6. The van der Waals surface area contributed by atoms with Gasteiger partial charge in [0.05, 0.1) is 0 Å². The van der Waals surface area contributed by atoms with Crippen LogP contribution in [0, 0.1) is 0 Å². The van der Waals surface area contributed by atoms with E-state index < -0.39 is 5.91 Å². The molecule has 34 heavy (non-hydrogen) atoms. The van der Waals surface area contributed by atoms with Gasteiger partial charge in [-0.15, -0.1) is 0 Å². The zero-order valence-electron chi connectivity index (χ0n) is 20.9. The summed E-state index contributed by atoms with van der Waals surface area (Å²) in [5.74, 6) is 1.48. The Hall–Kier alpha value is -3.13. The number of unbranched alkanes of at least 4 members (excludes halogenated alkanes) is 1. The van der Waals surface area contributed by atoms with E-state index in [0.717, 1.165) is 56.1 Å². The fourth-order valence-electron chi connectivity index (χ4n) is 4.59. The molecule has 0 saturated heterocycles. The number of nitrogens with one attached hydrogen (secondary N) is 2. The van der Waals surface area contributed by atoms with Crippen LogP contribution in [0.2, 0.25) is 0 Å². The van der Waals surface area contributed by atoms with Gasteiger partial charge in [0.15, 0.2) is 0 Å². The van der Waals surface area contributed by atoms with Gasteiger partial charge in [-0.05, 0) is 71.3 Å². The molecule has 0 atom stereocenters. The summed E-state index contributed by atoms with van der Waals surface area (Å²) in [6.45, 7) is 11.0. The van der Waals surface area contributed by atoms with Gasteiger partial charge >= 0.3 is 0 Å². The fourth-order valence-corrected chi connectivity index (χ4v) is 4.59. The van der Waals surface area contributed by atoms with Crippen LogP contribution in [-0.4, -0.2) is 62.0 Å². The van der Waals surface area contributed by atoms with Gasteiger partial charge in [0.1, 0.15) is 11.6 Å². The molecular formula is C26H39N7O. The van der Waals surface area contributed by atoms with Crippen molar-refractivity contribution in [1.82, 2.24) is 24.8 Å². The maximum absolute atomic E-state index is 11.6. The summed E-state index contributed by atoms with van der Waals surface area (Å²) >= 11 is 0. The molecule has 2 heterocycles. The van der Waals surface area contributed by atoms with Crippen LogP contribution in [-0.2, 0) is 12.8 Å². The molecule has 3 aromatic rings. The van der Waals surface area contributed by atoms with Gasteiger partial charge in [-0.25, -0.2) is 9.97 Å². The Balaban J connectivity index is 1.81. The third-order valence-electron chi connectivity index (χ3n) is 6.28. The summed E-state index contributed by atoms with van der Waals surface area (Å²) in [6.07, 6.45) is 11.0. The van der Waals surface area contributed by atoms with E-state index in [-0.39, 0.29) is 6.04 Å². The van der Waals surface area contributed by atoms with Crippen molar-refractivity contribution in [2.24, 2.45) is 5.73 Å². The van der Waals surface area contributed by atoms with Crippen LogP contribution in [0.4, 0.5) is 5.69 Å². The summed E-state index contributed by atoms with van der Waals surface area (Å²) in [7, 11) is 0. The molecular weight excluding hydrogens is 426 g/mol. The van der Waals surface area contributed by atoms with Crippen molar-refractivity contribution in [3.8, 4) is 0 Å². The smallest absolute Gasteiger partial charge is 0.248 e. The highest BCUT2D eigenvalue weighted by molar-refractivity contribution is 5.93. The second kappa shape index (κ2) is 12.4. The second-order valence-electron chi connectivity index (χ2n) is 9.37. The predicted octanol–water partition coefficient (Wildman–Crippen LogP) is 3.79. The molecule has 184 valence electrons. The van der Waals surface area contributed by atoms with Crippen LogP contribution in [0.1, 0.15) is 62.5 Å². The zero-order valence-corrected chi connectivity index (χ0v) is 20.9. The number of aromatic amines is 2. The number of rotatable bonds is 14. The largest absolute Gasteiger partial charge is 0.368 e. The molecule has 8 heteroatoms. The quantitative estimate of drug-likeness (QED) is 0.314. The molecule has 0 radical (unpaired) electrons. The Labute approximate surface area is 203 Å². The minimum absolute atomic E-state index is 0.142. The van der Waals surface area contributed by atoms with E-state index in [4.69, 9.17) is 5.73 Å². The number of anilines is 1. The van der Waals surface area contributed by atoms with Crippen LogP contribution in [0.3, 0.4) is 0 Å². The van der Waals surface area contributed by atoms with Gasteiger partial charge in [0, 0.05) is 73.6 Å². The van der Waals surface area contributed by atoms with Crippen molar-refractivity contribution in [2.75, 3.05) is 18.0 Å². The number of benzene rings is 1. The Bertz CT molecular complexity index is 921. The molecule has 1 amide bonds. The SMILES string of the molecule is CC(C)N(CCCCN(c1ccc(C(N)=O)cc1)C(Cc1ncc[nH]1)Cc1ncc[nH]1)C(C)C. The van der Waals surface area contributed by atoms with Gasteiger partial charge in [-0.3, -0.25) is 9.69 Å². The summed E-state index contributed by atoms with van der Waals surface area (Å²) in [5, 5.41) is 0. The first-order valence-corrected chi connectivity index (χ1v) is 12.2. The van der Waals surface area contributed by atoms with Crippen molar-refractivity contribution in [3.05, 3.63) is 66.3 Å². The topological polar surface area (TPSA) is 107 Å². The first-order valence-electron chi connectivity index (χ1n) is 12.2. The van der Waals surface area contributed by atoms with Gasteiger partial charge in [0.25, 0.3) is 0 Å². The molecule has 0 aliphatic carbocycles. The number of H-pyrrole nitrogens is 2. The van der Waals surface area contributed by atoms with Gasteiger partial charge in [0.2, 0.25) is 5.91 Å². The number of carbonyl (C=O) groups excluding carboxylic acids is 1. The van der Waals surface area contributed by atoms with Gasteiger partial charge in [-0.2, -0.15) is 0 Å². The number of nitrogens with two attached hydrogens (primary N) is 1. The van der Waals surface area contributed by atoms with Gasteiger partial charge in [-0.1, -0.05) is 0 Å². The van der Waals surface area contributed by atoms with Crippen molar-refractivity contribution < 1.29 is 4.79 Å². The Morgan fingerprint density at radius 3 is 1.85 bits per heavy atom. The molecule has 2 aromatic heterocycles. The van der Waals surface area contributed by atoms with Crippen LogP contribution < -0.4 is 10.6 Å². The minimum Gasteiger partial charge on any atom is -0.368 e. The average molecular weight is 466 g/mol. The number of amides is 1. The van der Waals surface area contributed by atoms with Crippen LogP contribution in [0.5, 0.6) is 0 Å². The number of imidazole rings is 2. The van der Waals surface area contributed by atoms with E-state index in [9.17, 15) is 4.79 Å². The maximum Gasteiger partial charge on any atom is 0.248 e. The lowest BCUT2D eigenvalue weighted by molar-refractivity contribution is 0.100. The monoisotopic (exact) mass is 465 g/mol. The molecule has 1 aromatic carbocycles. The summed E-state index contributed by atoms with van der Waals surface area (Å²) in [6, 6.07) is 8.80. The highest BCUT2D eigenvalue weighted by atomic mass is 16.1. The van der Waals surface area contributed by atoms with Crippen molar-refractivity contribution in [1.29, 1.82) is 0 Å². The molecule has 0 aliphatic heterocycles. The van der Waals surface area contributed by atoms with Crippen LogP contribution in [0.25, 0.3) is 0 Å². The third-order valence-corrected chi connectivity index (χ3v) is 6.28. The van der Waals surface area contributed by atoms with E-state index in [1.165, 1.54) is 0 Å². The minimum atomic E-state index is -0.414. The normalized spacial score (nSPS) is 11.8. The van der Waals surface area contributed by atoms with Crippen molar-refractivity contribution in [3.63, 3.8) is 0 Å². The molecule has 0 saturated carbocycles. The summed E-state index contributed by atoms with van der Waals surface area (Å²) in [4.78, 5) is 32.0. The van der Waals surface area contributed by atoms with Crippen molar-refractivity contribution in [2.45, 2.75) is 71.5 Å². The third kappa shape index (κ3) is 7.18. The first-order chi connectivity index (χ1) is 16.3. The van der Waals surface area contributed by atoms with Crippen LogP contribution in [0.15, 0.2) is 49.1 Å². The number of nitrogens with zero attached hydrogens (tertiary/aromatic N) is 4. The number of hydrogen-bond donors (Lipinski definition) is 3. The standard InChI is InChI=1S/C26H39N7O/c1-19(2)32(20(3)4)15-5-6-16-33(22-9-7-21(8-10-22)26(27)34)23(17-24-28-11-12-29-24)18-25-30-13-14-31-25/h7-14,19-20,23H,5-6,15-18H2,1-4H3,(H2,27,34)(H,28,29)(H,30,31). The predicted molar refractivity (Wildman–Crippen MR) is 137 cm³/mol. The zero-order chi connectivity index (χ0) is 24.5. The second-order valence-corrected chi connectivity index (χ2v) is 9.37. The highest BCUT2D eigenvalue weighted by Gasteiger charge is 2.23. The van der Waals surface area contributed by atoms with E-state index in [1.54, 1.807) is 24.5 Å². The summed E-state index contributed by atoms with van der Waals surface area (Å²) in [5.41, 5.74) is 7.06. The number of hydrogen-bond acceptors (Lipinski definition) is 5. The van der Waals surface area contributed by atoms with E-state index in [2.05, 4.69) is 57.4 Å².